The van der Waals surface area contributed by atoms with E-state index in [4.69, 9.17) is 9.57 Å². The first-order chi connectivity index (χ1) is 12.0. The van der Waals surface area contributed by atoms with Crippen molar-refractivity contribution in [2.75, 3.05) is 20.8 Å². The highest BCUT2D eigenvalue weighted by Gasteiger charge is 2.12. The van der Waals surface area contributed by atoms with E-state index in [9.17, 15) is 9.59 Å². The van der Waals surface area contributed by atoms with E-state index >= 15 is 0 Å². The zero-order valence-corrected chi connectivity index (χ0v) is 15.0. The maximum Gasteiger partial charge on any atom is 0.338 e. The van der Waals surface area contributed by atoms with E-state index < -0.39 is 0 Å². The third-order valence-electron chi connectivity index (χ3n) is 4.05. The third-order valence-corrected chi connectivity index (χ3v) is 4.05. The molecule has 1 amide bonds. The Balaban J connectivity index is 2.24. The van der Waals surface area contributed by atoms with Crippen molar-refractivity contribution in [2.24, 2.45) is 0 Å². The summed E-state index contributed by atoms with van der Waals surface area (Å²) in [4.78, 5) is 28.7. The SMILES string of the molecule is CCOC(=O)c1ccc(-c2ccc(C)c(CC(=O)N(C)OC)c2)cc1. The summed E-state index contributed by atoms with van der Waals surface area (Å²) in [7, 11) is 3.06. The molecule has 5 heteroatoms. The van der Waals surface area contributed by atoms with Crippen LogP contribution in [0.4, 0.5) is 0 Å². The summed E-state index contributed by atoms with van der Waals surface area (Å²) in [5.74, 6) is -0.438. The lowest BCUT2D eigenvalue weighted by atomic mass is 9.97. The topological polar surface area (TPSA) is 55.8 Å². The van der Waals surface area contributed by atoms with Gasteiger partial charge in [0.25, 0.3) is 0 Å². The number of benzene rings is 2. The molecule has 2 aromatic rings. The number of carbonyl (C=O) groups is 2. The van der Waals surface area contributed by atoms with Crippen LogP contribution in [0.2, 0.25) is 0 Å². The van der Waals surface area contributed by atoms with Crippen LogP contribution < -0.4 is 0 Å². The van der Waals surface area contributed by atoms with Gasteiger partial charge in [0.05, 0.1) is 25.7 Å². The molecule has 0 aliphatic carbocycles. The molecule has 0 atom stereocenters. The summed E-state index contributed by atoms with van der Waals surface area (Å²) in [6.45, 7) is 4.11. The Hall–Kier alpha value is -2.66. The number of carbonyl (C=O) groups excluding carboxylic acids is 2. The van der Waals surface area contributed by atoms with Crippen molar-refractivity contribution in [3.8, 4) is 11.1 Å². The highest BCUT2D eigenvalue weighted by atomic mass is 16.7. The molecular formula is C20H23NO4. The number of aryl methyl sites for hydroxylation is 1. The van der Waals surface area contributed by atoms with Crippen LogP contribution in [0.25, 0.3) is 11.1 Å². The van der Waals surface area contributed by atoms with Crippen LogP contribution in [0.3, 0.4) is 0 Å². The fraction of sp³-hybridized carbons (Fsp3) is 0.300. The van der Waals surface area contributed by atoms with Gasteiger partial charge in [-0.2, -0.15) is 0 Å². The lowest BCUT2D eigenvalue weighted by Crippen LogP contribution is -2.27. The van der Waals surface area contributed by atoms with Crippen LogP contribution in [0.5, 0.6) is 0 Å². The lowest BCUT2D eigenvalue weighted by Gasteiger charge is -2.15. The van der Waals surface area contributed by atoms with E-state index in [1.54, 1.807) is 26.1 Å². The van der Waals surface area contributed by atoms with Crippen LogP contribution in [-0.4, -0.2) is 37.7 Å². The van der Waals surface area contributed by atoms with E-state index in [0.29, 0.717) is 12.2 Å². The van der Waals surface area contributed by atoms with Crippen molar-refractivity contribution in [1.82, 2.24) is 5.06 Å². The Morgan fingerprint density at radius 2 is 1.68 bits per heavy atom. The van der Waals surface area contributed by atoms with Crippen molar-refractivity contribution in [2.45, 2.75) is 20.3 Å². The average molecular weight is 341 g/mol. The largest absolute Gasteiger partial charge is 0.462 e. The molecule has 132 valence electrons. The lowest BCUT2D eigenvalue weighted by molar-refractivity contribution is -0.167. The van der Waals surface area contributed by atoms with Crippen LogP contribution >= 0.6 is 0 Å². The average Bonchev–Trinajstić information content (AvgIpc) is 2.63. The van der Waals surface area contributed by atoms with E-state index in [1.807, 2.05) is 37.3 Å². The van der Waals surface area contributed by atoms with Crippen LogP contribution in [0.15, 0.2) is 42.5 Å². The minimum absolute atomic E-state index is 0.111. The van der Waals surface area contributed by atoms with Gasteiger partial charge in [-0.15, -0.1) is 0 Å². The Kier molecular flexibility index (Phi) is 6.31. The summed E-state index contributed by atoms with van der Waals surface area (Å²) < 4.78 is 4.99. The summed E-state index contributed by atoms with van der Waals surface area (Å²) in [6.07, 6.45) is 0.269. The van der Waals surface area contributed by atoms with Crippen molar-refractivity contribution in [1.29, 1.82) is 0 Å². The maximum atomic E-state index is 12.1. The molecule has 0 aliphatic rings. The highest BCUT2D eigenvalue weighted by Crippen LogP contribution is 2.24. The van der Waals surface area contributed by atoms with Gasteiger partial charge in [0.15, 0.2) is 0 Å². The maximum absolute atomic E-state index is 12.1. The van der Waals surface area contributed by atoms with Gasteiger partial charge in [-0.05, 0) is 48.2 Å². The number of ether oxygens (including phenoxy) is 1. The third kappa shape index (κ3) is 4.67. The fourth-order valence-corrected chi connectivity index (χ4v) is 2.43. The highest BCUT2D eigenvalue weighted by molar-refractivity contribution is 5.90. The minimum atomic E-state index is -0.327. The van der Waals surface area contributed by atoms with Gasteiger partial charge in [-0.3, -0.25) is 9.63 Å². The smallest absolute Gasteiger partial charge is 0.338 e. The molecule has 0 N–H and O–H groups in total. The second-order valence-electron chi connectivity index (χ2n) is 5.69. The molecule has 0 unspecified atom stereocenters. The quantitative estimate of drug-likeness (QED) is 0.597. The molecule has 2 aromatic carbocycles. The summed E-state index contributed by atoms with van der Waals surface area (Å²) >= 11 is 0. The zero-order valence-electron chi connectivity index (χ0n) is 15.0. The molecule has 0 radical (unpaired) electrons. The number of hydrogen-bond donors (Lipinski definition) is 0. The first kappa shape index (κ1) is 18.7. The van der Waals surface area contributed by atoms with Crippen molar-refractivity contribution in [3.05, 3.63) is 59.2 Å². The number of esters is 1. The summed E-state index contributed by atoms with van der Waals surface area (Å²) in [5.41, 5.74) is 4.48. The first-order valence-electron chi connectivity index (χ1n) is 8.14. The molecule has 5 nitrogen and oxygen atoms in total. The molecule has 0 saturated heterocycles. The molecule has 0 heterocycles. The number of hydrogen-bond acceptors (Lipinski definition) is 4. The number of hydroxylamine groups is 2. The van der Waals surface area contributed by atoms with Gasteiger partial charge in [-0.1, -0.05) is 30.3 Å². The molecular weight excluding hydrogens is 318 g/mol. The van der Waals surface area contributed by atoms with Gasteiger partial charge in [0, 0.05) is 7.05 Å². The van der Waals surface area contributed by atoms with E-state index in [-0.39, 0.29) is 18.3 Å². The monoisotopic (exact) mass is 341 g/mol. The van der Waals surface area contributed by atoms with Gasteiger partial charge in [-0.25, -0.2) is 9.86 Å². The van der Waals surface area contributed by atoms with Gasteiger partial charge < -0.3 is 4.74 Å². The molecule has 0 aromatic heterocycles. The first-order valence-corrected chi connectivity index (χ1v) is 8.14. The zero-order chi connectivity index (χ0) is 18.4. The van der Waals surface area contributed by atoms with Crippen molar-refractivity contribution >= 4 is 11.9 Å². The van der Waals surface area contributed by atoms with Gasteiger partial charge in [0.2, 0.25) is 5.91 Å². The standard InChI is InChI=1S/C20H23NO4/c1-5-25-20(23)16-10-8-15(9-11-16)17-7-6-14(2)18(12-17)13-19(22)21(3)24-4/h6-12H,5,13H2,1-4H3. The molecule has 25 heavy (non-hydrogen) atoms. The molecule has 0 spiro atoms. The van der Waals surface area contributed by atoms with Gasteiger partial charge >= 0.3 is 5.97 Å². The number of rotatable bonds is 6. The molecule has 2 rings (SSSR count). The summed E-state index contributed by atoms with van der Waals surface area (Å²) in [6, 6.07) is 13.2. The molecule has 0 saturated carbocycles. The van der Waals surface area contributed by atoms with Crippen molar-refractivity contribution < 1.29 is 19.2 Å². The Labute approximate surface area is 148 Å². The molecule has 0 bridgehead atoms. The molecule has 0 aliphatic heterocycles. The van der Waals surface area contributed by atoms with Crippen LogP contribution in [0, 0.1) is 6.92 Å². The van der Waals surface area contributed by atoms with Crippen LogP contribution in [-0.2, 0) is 20.8 Å². The fourth-order valence-electron chi connectivity index (χ4n) is 2.43. The van der Waals surface area contributed by atoms with E-state index in [1.165, 1.54) is 12.2 Å². The Morgan fingerprint density at radius 3 is 2.28 bits per heavy atom. The number of likely N-dealkylation sites (N-methyl/N-ethyl adjacent to an activating group) is 1. The molecule has 0 fully saturated rings. The minimum Gasteiger partial charge on any atom is -0.462 e. The van der Waals surface area contributed by atoms with Crippen molar-refractivity contribution in [3.63, 3.8) is 0 Å². The Morgan fingerprint density at radius 1 is 1.04 bits per heavy atom. The van der Waals surface area contributed by atoms with Gasteiger partial charge in [0.1, 0.15) is 0 Å². The second-order valence-corrected chi connectivity index (χ2v) is 5.69. The normalized spacial score (nSPS) is 10.4. The predicted octanol–water partition coefficient (Wildman–Crippen LogP) is 3.40. The number of amides is 1. The van der Waals surface area contributed by atoms with E-state index in [0.717, 1.165) is 22.3 Å². The second kappa shape index (κ2) is 8.44. The number of nitrogens with zero attached hydrogens (tertiary/aromatic N) is 1. The van der Waals surface area contributed by atoms with E-state index in [2.05, 4.69) is 0 Å². The van der Waals surface area contributed by atoms with Crippen LogP contribution in [0.1, 0.15) is 28.4 Å². The Bertz CT molecular complexity index is 753. The summed E-state index contributed by atoms with van der Waals surface area (Å²) in [5, 5.41) is 1.22. The predicted molar refractivity (Wildman–Crippen MR) is 96.1 cm³/mol.